The highest BCUT2D eigenvalue weighted by atomic mass is 16.5. The molecule has 0 radical (unpaired) electrons. The van der Waals surface area contributed by atoms with Gasteiger partial charge in [-0.3, -0.25) is 4.98 Å². The molecule has 0 bridgehead atoms. The van der Waals surface area contributed by atoms with Gasteiger partial charge in [0.25, 0.3) is 12.7 Å². The second kappa shape index (κ2) is 18.5. The highest BCUT2D eigenvalue weighted by Gasteiger charge is 2.14. The van der Waals surface area contributed by atoms with Crippen LogP contribution in [0.15, 0.2) is 232 Å². The minimum Gasteiger partial charge on any atom is -0.497 e. The molecule has 7 aromatic carbocycles. The van der Waals surface area contributed by atoms with Gasteiger partial charge in [-0.15, -0.1) is 0 Å². The van der Waals surface area contributed by atoms with Crippen LogP contribution < -0.4 is 13.9 Å². The number of nitrogens with zero attached hydrogens (tertiary/aromatic N) is 5. The van der Waals surface area contributed by atoms with Crippen LogP contribution in [0.2, 0.25) is 0 Å². The quantitative estimate of drug-likeness (QED) is 0.102. The first-order valence-corrected chi connectivity index (χ1v) is 21.9. The highest BCUT2D eigenvalue weighted by molar-refractivity contribution is 5.84. The van der Waals surface area contributed by atoms with Crippen LogP contribution in [0.3, 0.4) is 0 Å². The molecule has 0 atom stereocenters. The second-order valence-corrected chi connectivity index (χ2v) is 16.2. The van der Waals surface area contributed by atoms with Crippen molar-refractivity contribution in [2.45, 2.75) is 25.7 Å². The molecular weight excluding hydrogens is 783 g/mol. The molecule has 6 nitrogen and oxygen atoms in total. The van der Waals surface area contributed by atoms with Crippen LogP contribution in [-0.2, 0) is 25.7 Å². The number of ether oxygens (including phenoxy) is 1. The molecule has 0 N–H and O–H groups in total. The SMILES string of the molecule is COc1ccnc(-c2ccc(-c3ccccc3-c3cc(CCc4ccc(-[n+]5ccn(-c6ccccc6)c5)cc4)cc(CCc4ccc(-[n+]5ccn(-c6ccccc6)c5)cc4)c3)cc2)c1. The number of rotatable bonds is 14. The van der Waals surface area contributed by atoms with Crippen molar-refractivity contribution in [1.29, 1.82) is 0 Å². The molecular formula is C58H49N5O+2. The van der Waals surface area contributed by atoms with Gasteiger partial charge in [-0.05, 0) is 125 Å². The van der Waals surface area contributed by atoms with Crippen LogP contribution in [0, 0.1) is 0 Å². The zero-order chi connectivity index (χ0) is 43.1. The fourth-order valence-corrected chi connectivity index (χ4v) is 8.48. The smallest absolute Gasteiger partial charge is 0.254 e. The van der Waals surface area contributed by atoms with E-state index >= 15 is 0 Å². The summed E-state index contributed by atoms with van der Waals surface area (Å²) in [6.45, 7) is 0. The van der Waals surface area contributed by atoms with E-state index in [1.807, 2.05) is 24.3 Å². The Balaban J connectivity index is 0.903. The summed E-state index contributed by atoms with van der Waals surface area (Å²) in [7, 11) is 1.69. The van der Waals surface area contributed by atoms with Gasteiger partial charge in [-0.1, -0.05) is 127 Å². The summed E-state index contributed by atoms with van der Waals surface area (Å²) in [5, 5.41) is 0. The van der Waals surface area contributed by atoms with Crippen molar-refractivity contribution < 1.29 is 13.9 Å². The van der Waals surface area contributed by atoms with Crippen LogP contribution in [0.25, 0.3) is 56.3 Å². The molecule has 0 fully saturated rings. The van der Waals surface area contributed by atoms with Crippen LogP contribution in [0.1, 0.15) is 22.3 Å². The largest absolute Gasteiger partial charge is 0.497 e. The van der Waals surface area contributed by atoms with E-state index in [1.165, 1.54) is 44.5 Å². The van der Waals surface area contributed by atoms with E-state index in [-0.39, 0.29) is 0 Å². The maximum Gasteiger partial charge on any atom is 0.254 e. The number of aryl methyl sites for hydroxylation is 4. The maximum absolute atomic E-state index is 5.46. The Morgan fingerprint density at radius 1 is 0.438 bits per heavy atom. The van der Waals surface area contributed by atoms with Crippen LogP contribution in [0.4, 0.5) is 0 Å². The van der Waals surface area contributed by atoms with E-state index in [4.69, 9.17) is 4.74 Å². The van der Waals surface area contributed by atoms with Gasteiger partial charge in [0.2, 0.25) is 0 Å². The standard InChI is InChI=1S/C58H49N5O/c1-64-55-32-33-59-58(41-55)49-26-24-48(25-27-49)56-14-8-9-15-57(56)50-39-46(18-16-44-20-28-53(29-21-44)62-36-34-60(42-62)51-10-4-2-5-11-51)38-47(40-50)19-17-45-22-30-54(31-23-45)63-37-35-61(43-63)52-12-6-3-7-13-52/h2-15,20-43H,16-19H2,1H3/q+2. The summed E-state index contributed by atoms with van der Waals surface area (Å²) in [6.07, 6.45) is 18.2. The molecule has 6 heteroatoms. The number of benzene rings is 7. The predicted octanol–water partition coefficient (Wildman–Crippen LogP) is 11.8. The minimum atomic E-state index is 0.798. The van der Waals surface area contributed by atoms with Gasteiger partial charge in [0.05, 0.1) is 12.8 Å². The van der Waals surface area contributed by atoms with Crippen molar-refractivity contribution in [3.63, 3.8) is 0 Å². The third-order valence-corrected chi connectivity index (χ3v) is 12.0. The lowest BCUT2D eigenvalue weighted by Crippen LogP contribution is -2.27. The van der Waals surface area contributed by atoms with Crippen molar-refractivity contribution >= 4 is 0 Å². The number of methoxy groups -OCH3 is 1. The molecule has 64 heavy (non-hydrogen) atoms. The molecule has 0 amide bonds. The van der Waals surface area contributed by atoms with E-state index in [9.17, 15) is 0 Å². The molecule has 0 aliphatic heterocycles. The Kier molecular flexibility index (Phi) is 11.6. The number of imidazole rings is 2. The molecule has 0 unspecified atom stereocenters. The maximum atomic E-state index is 5.46. The molecule has 3 heterocycles. The number of aromatic nitrogens is 5. The Morgan fingerprint density at radius 2 is 0.906 bits per heavy atom. The Morgan fingerprint density at radius 3 is 1.42 bits per heavy atom. The van der Waals surface area contributed by atoms with E-state index in [2.05, 4.69) is 224 Å². The van der Waals surface area contributed by atoms with Crippen molar-refractivity contribution in [2.24, 2.45) is 0 Å². The van der Waals surface area contributed by atoms with Crippen molar-refractivity contribution in [3.8, 4) is 62.0 Å². The molecule has 0 saturated carbocycles. The number of hydrogen-bond donors (Lipinski definition) is 0. The normalized spacial score (nSPS) is 11.1. The average molecular weight is 832 g/mol. The van der Waals surface area contributed by atoms with Gasteiger partial charge < -0.3 is 4.74 Å². The third-order valence-electron chi connectivity index (χ3n) is 12.0. The fourth-order valence-electron chi connectivity index (χ4n) is 8.48. The van der Waals surface area contributed by atoms with Gasteiger partial charge in [-0.25, -0.2) is 18.3 Å². The fraction of sp³-hybridized carbons (Fsp3) is 0.0862. The zero-order valence-electron chi connectivity index (χ0n) is 35.9. The third kappa shape index (κ3) is 9.08. The van der Waals surface area contributed by atoms with E-state index < -0.39 is 0 Å². The van der Waals surface area contributed by atoms with E-state index in [0.717, 1.165) is 65.4 Å². The summed E-state index contributed by atoms with van der Waals surface area (Å²) in [5.41, 5.74) is 16.7. The lowest BCUT2D eigenvalue weighted by molar-refractivity contribution is -0.595. The first-order valence-electron chi connectivity index (χ1n) is 21.9. The average Bonchev–Trinajstić information content (AvgIpc) is 4.08. The van der Waals surface area contributed by atoms with Crippen LogP contribution >= 0.6 is 0 Å². The molecule has 310 valence electrons. The van der Waals surface area contributed by atoms with Gasteiger partial charge in [-0.2, -0.15) is 0 Å². The van der Waals surface area contributed by atoms with Crippen molar-refractivity contribution in [1.82, 2.24) is 14.1 Å². The molecule has 10 rings (SSSR count). The van der Waals surface area contributed by atoms with Gasteiger partial charge in [0.1, 0.15) is 53.3 Å². The Labute approximate surface area is 375 Å². The Bertz CT molecular complexity index is 2970. The van der Waals surface area contributed by atoms with Gasteiger partial charge in [0.15, 0.2) is 0 Å². The summed E-state index contributed by atoms with van der Waals surface area (Å²) >= 11 is 0. The minimum absolute atomic E-state index is 0.798. The first kappa shape index (κ1) is 40.0. The summed E-state index contributed by atoms with van der Waals surface area (Å²) in [6, 6.07) is 67.4. The summed E-state index contributed by atoms with van der Waals surface area (Å²) in [5.74, 6) is 0.798. The first-order chi connectivity index (χ1) is 31.6. The molecule has 0 aliphatic rings. The zero-order valence-corrected chi connectivity index (χ0v) is 35.9. The van der Waals surface area contributed by atoms with Crippen molar-refractivity contribution in [3.05, 3.63) is 254 Å². The van der Waals surface area contributed by atoms with Crippen molar-refractivity contribution in [2.75, 3.05) is 7.11 Å². The lowest BCUT2D eigenvalue weighted by atomic mass is 9.90. The molecule has 10 aromatic rings. The number of hydrogen-bond acceptors (Lipinski definition) is 2. The Hall–Kier alpha value is -8.09. The van der Waals surface area contributed by atoms with Gasteiger partial charge >= 0.3 is 0 Å². The number of pyridine rings is 1. The second-order valence-electron chi connectivity index (χ2n) is 16.2. The van der Waals surface area contributed by atoms with Gasteiger partial charge in [0, 0.05) is 17.8 Å². The summed E-state index contributed by atoms with van der Waals surface area (Å²) < 4.78 is 14.1. The molecule has 0 aliphatic carbocycles. The number of para-hydroxylation sites is 2. The molecule has 3 aromatic heterocycles. The molecule has 0 spiro atoms. The van der Waals surface area contributed by atoms with E-state index in [1.54, 1.807) is 13.3 Å². The molecule has 0 saturated heterocycles. The monoisotopic (exact) mass is 831 g/mol. The highest BCUT2D eigenvalue weighted by Crippen LogP contribution is 2.35. The topological polar surface area (TPSA) is 39.7 Å². The predicted molar refractivity (Wildman–Crippen MR) is 257 cm³/mol. The van der Waals surface area contributed by atoms with Crippen LogP contribution in [-0.4, -0.2) is 21.2 Å². The van der Waals surface area contributed by atoms with Crippen LogP contribution in [0.5, 0.6) is 5.75 Å². The van der Waals surface area contributed by atoms with E-state index in [0.29, 0.717) is 0 Å². The summed E-state index contributed by atoms with van der Waals surface area (Å²) in [4.78, 5) is 4.60. The lowest BCUT2D eigenvalue weighted by Gasteiger charge is -2.15.